The number of nitrogens with zero attached hydrogens (tertiary/aromatic N) is 2. The molecule has 17 heavy (non-hydrogen) atoms. The van der Waals surface area contributed by atoms with Crippen molar-refractivity contribution in [1.82, 2.24) is 4.98 Å². The SMILES string of the molecule is C/C(=N/O)c1cccc(OCc2cncs2)c1. The molecule has 4 nitrogen and oxygen atoms in total. The highest BCUT2D eigenvalue weighted by Gasteiger charge is 2.01. The summed E-state index contributed by atoms with van der Waals surface area (Å²) in [4.78, 5) is 5.05. The number of rotatable bonds is 4. The van der Waals surface area contributed by atoms with Crippen LogP contribution in [0.2, 0.25) is 0 Å². The quantitative estimate of drug-likeness (QED) is 0.514. The molecule has 0 atom stereocenters. The fraction of sp³-hybridized carbons (Fsp3) is 0.167. The van der Waals surface area contributed by atoms with Crippen LogP contribution in [0.5, 0.6) is 5.75 Å². The molecule has 1 heterocycles. The zero-order valence-corrected chi connectivity index (χ0v) is 10.1. The van der Waals surface area contributed by atoms with Crippen molar-refractivity contribution >= 4 is 17.0 Å². The van der Waals surface area contributed by atoms with Gasteiger partial charge in [-0.25, -0.2) is 0 Å². The molecule has 1 aromatic carbocycles. The number of ether oxygens (including phenoxy) is 1. The van der Waals surface area contributed by atoms with E-state index in [0.717, 1.165) is 16.2 Å². The van der Waals surface area contributed by atoms with Crippen LogP contribution < -0.4 is 4.74 Å². The van der Waals surface area contributed by atoms with Crippen LogP contribution in [-0.4, -0.2) is 15.9 Å². The molecule has 2 aromatic rings. The Labute approximate surface area is 103 Å². The van der Waals surface area contributed by atoms with Crippen LogP contribution in [0.25, 0.3) is 0 Å². The van der Waals surface area contributed by atoms with Gasteiger partial charge < -0.3 is 9.94 Å². The summed E-state index contributed by atoms with van der Waals surface area (Å²) < 4.78 is 5.62. The largest absolute Gasteiger partial charge is 0.488 e. The second kappa shape index (κ2) is 5.45. The van der Waals surface area contributed by atoms with E-state index in [1.165, 1.54) is 0 Å². The molecule has 0 saturated carbocycles. The molecule has 0 spiro atoms. The lowest BCUT2D eigenvalue weighted by Gasteiger charge is -2.06. The van der Waals surface area contributed by atoms with E-state index >= 15 is 0 Å². The molecule has 0 aliphatic carbocycles. The van der Waals surface area contributed by atoms with Crippen LogP contribution in [-0.2, 0) is 6.61 Å². The van der Waals surface area contributed by atoms with E-state index in [1.54, 1.807) is 30.0 Å². The minimum atomic E-state index is 0.503. The highest BCUT2D eigenvalue weighted by Crippen LogP contribution is 2.16. The normalized spacial score (nSPS) is 11.5. The van der Waals surface area contributed by atoms with Crippen LogP contribution in [0.15, 0.2) is 41.1 Å². The first kappa shape index (κ1) is 11.6. The van der Waals surface area contributed by atoms with Crippen LogP contribution in [0.4, 0.5) is 0 Å². The van der Waals surface area contributed by atoms with Gasteiger partial charge in [0.1, 0.15) is 12.4 Å². The van der Waals surface area contributed by atoms with Crippen molar-refractivity contribution in [1.29, 1.82) is 0 Å². The average molecular weight is 248 g/mol. The van der Waals surface area contributed by atoms with Gasteiger partial charge in [-0.05, 0) is 19.1 Å². The predicted molar refractivity (Wildman–Crippen MR) is 66.9 cm³/mol. The Morgan fingerprint density at radius 1 is 1.53 bits per heavy atom. The molecular weight excluding hydrogens is 236 g/mol. The summed E-state index contributed by atoms with van der Waals surface area (Å²) in [6.07, 6.45) is 1.79. The second-order valence-electron chi connectivity index (χ2n) is 3.47. The molecule has 0 aliphatic rings. The highest BCUT2D eigenvalue weighted by atomic mass is 32.1. The smallest absolute Gasteiger partial charge is 0.124 e. The van der Waals surface area contributed by atoms with Crippen molar-refractivity contribution in [3.05, 3.63) is 46.4 Å². The van der Waals surface area contributed by atoms with Gasteiger partial charge >= 0.3 is 0 Å². The van der Waals surface area contributed by atoms with Crippen LogP contribution in [0.1, 0.15) is 17.4 Å². The van der Waals surface area contributed by atoms with Gasteiger partial charge in [0.25, 0.3) is 0 Å². The first-order valence-electron chi connectivity index (χ1n) is 5.09. The maximum Gasteiger partial charge on any atom is 0.124 e. The van der Waals surface area contributed by atoms with E-state index in [2.05, 4.69) is 10.1 Å². The number of aromatic nitrogens is 1. The Kier molecular flexibility index (Phi) is 3.72. The maximum absolute atomic E-state index is 8.70. The molecule has 0 radical (unpaired) electrons. The molecule has 2 rings (SSSR count). The monoisotopic (exact) mass is 248 g/mol. The molecule has 5 heteroatoms. The molecule has 0 saturated heterocycles. The van der Waals surface area contributed by atoms with Crippen molar-refractivity contribution in [3.8, 4) is 5.75 Å². The Hall–Kier alpha value is -1.88. The van der Waals surface area contributed by atoms with Gasteiger partial charge in [-0.1, -0.05) is 17.3 Å². The van der Waals surface area contributed by atoms with Gasteiger partial charge in [-0.2, -0.15) is 0 Å². The minimum Gasteiger partial charge on any atom is -0.488 e. The van der Waals surface area contributed by atoms with Crippen LogP contribution >= 0.6 is 11.3 Å². The summed E-state index contributed by atoms with van der Waals surface area (Å²) in [7, 11) is 0. The molecular formula is C12H12N2O2S. The van der Waals surface area contributed by atoms with Crippen LogP contribution in [0.3, 0.4) is 0 Å². The lowest BCUT2D eigenvalue weighted by Crippen LogP contribution is -1.97. The zero-order chi connectivity index (χ0) is 12.1. The van der Waals surface area contributed by atoms with E-state index in [4.69, 9.17) is 9.94 Å². The Balaban J connectivity index is 2.06. The van der Waals surface area contributed by atoms with Gasteiger partial charge in [0.05, 0.1) is 16.1 Å². The first-order valence-corrected chi connectivity index (χ1v) is 5.97. The summed E-state index contributed by atoms with van der Waals surface area (Å²) in [5.41, 5.74) is 3.18. The third-order valence-corrected chi connectivity index (χ3v) is 3.02. The third-order valence-electron chi connectivity index (χ3n) is 2.27. The van der Waals surface area contributed by atoms with E-state index in [9.17, 15) is 0 Å². The van der Waals surface area contributed by atoms with E-state index < -0.39 is 0 Å². The van der Waals surface area contributed by atoms with Gasteiger partial charge in [0.15, 0.2) is 0 Å². The van der Waals surface area contributed by atoms with Gasteiger partial charge in [0.2, 0.25) is 0 Å². The Morgan fingerprint density at radius 2 is 2.41 bits per heavy atom. The zero-order valence-electron chi connectivity index (χ0n) is 9.33. The van der Waals surface area contributed by atoms with Crippen molar-refractivity contribution in [3.63, 3.8) is 0 Å². The Morgan fingerprint density at radius 3 is 3.12 bits per heavy atom. The molecule has 88 valence electrons. The standard InChI is InChI=1S/C12H12N2O2S/c1-9(14-15)10-3-2-4-11(5-10)16-7-12-6-13-8-17-12/h2-6,8,15H,7H2,1H3/b14-9-. The molecule has 0 bridgehead atoms. The summed E-state index contributed by atoms with van der Waals surface area (Å²) in [5, 5.41) is 11.9. The average Bonchev–Trinajstić information content (AvgIpc) is 2.89. The van der Waals surface area contributed by atoms with Crippen molar-refractivity contribution in [2.45, 2.75) is 13.5 Å². The van der Waals surface area contributed by atoms with E-state index in [0.29, 0.717) is 12.3 Å². The highest BCUT2D eigenvalue weighted by molar-refractivity contribution is 7.09. The number of thiazole rings is 1. The summed E-state index contributed by atoms with van der Waals surface area (Å²) >= 11 is 1.56. The van der Waals surface area contributed by atoms with E-state index in [1.807, 2.05) is 24.3 Å². The lowest BCUT2D eigenvalue weighted by atomic mass is 10.1. The second-order valence-corrected chi connectivity index (χ2v) is 4.44. The third kappa shape index (κ3) is 3.04. The summed E-state index contributed by atoms with van der Waals surface area (Å²) in [6.45, 7) is 2.24. The Bertz CT molecular complexity index is 509. The topological polar surface area (TPSA) is 54.7 Å². The number of hydrogen-bond donors (Lipinski definition) is 1. The molecule has 0 fully saturated rings. The van der Waals surface area contributed by atoms with Crippen molar-refractivity contribution < 1.29 is 9.94 Å². The summed E-state index contributed by atoms with van der Waals surface area (Å²) in [6, 6.07) is 7.45. The number of oxime groups is 1. The maximum atomic E-state index is 8.70. The fourth-order valence-electron chi connectivity index (χ4n) is 1.34. The first-order chi connectivity index (χ1) is 8.29. The molecule has 1 aromatic heterocycles. The summed E-state index contributed by atoms with van der Waals surface area (Å²) in [5.74, 6) is 0.749. The fourth-order valence-corrected chi connectivity index (χ4v) is 1.84. The van der Waals surface area contributed by atoms with Gasteiger partial charge in [-0.3, -0.25) is 4.98 Å². The number of hydrogen-bond acceptors (Lipinski definition) is 5. The minimum absolute atomic E-state index is 0.503. The predicted octanol–water partition coefficient (Wildman–Crippen LogP) is 2.92. The number of benzene rings is 1. The van der Waals surface area contributed by atoms with E-state index in [-0.39, 0.29) is 0 Å². The van der Waals surface area contributed by atoms with Crippen molar-refractivity contribution in [2.75, 3.05) is 0 Å². The molecule has 0 unspecified atom stereocenters. The molecule has 0 amide bonds. The molecule has 0 aliphatic heterocycles. The van der Waals surface area contributed by atoms with Gasteiger partial charge in [-0.15, -0.1) is 11.3 Å². The molecule has 1 N–H and O–H groups in total. The van der Waals surface area contributed by atoms with Gasteiger partial charge in [0, 0.05) is 11.8 Å². The lowest BCUT2D eigenvalue weighted by molar-refractivity contribution is 0.309. The van der Waals surface area contributed by atoms with Crippen LogP contribution in [0, 0.1) is 0 Å². The van der Waals surface area contributed by atoms with Crippen molar-refractivity contribution in [2.24, 2.45) is 5.16 Å².